The molecule has 3 rings (SSSR count). The highest BCUT2D eigenvalue weighted by Gasteiger charge is 2.60. The first-order chi connectivity index (χ1) is 11.6. The lowest BCUT2D eigenvalue weighted by molar-refractivity contribution is -0.231. The van der Waals surface area contributed by atoms with E-state index in [1.165, 1.54) is 5.56 Å². The van der Waals surface area contributed by atoms with Gasteiger partial charge in [-0.05, 0) is 25.8 Å². The van der Waals surface area contributed by atoms with Crippen LogP contribution < -0.4 is 0 Å². The molecule has 0 aromatic heterocycles. The Labute approximate surface area is 145 Å². The molecule has 0 bridgehead atoms. The van der Waals surface area contributed by atoms with Crippen molar-refractivity contribution < 1.29 is 14.3 Å². The minimum atomic E-state index is -0.711. The van der Waals surface area contributed by atoms with Gasteiger partial charge in [-0.25, -0.2) is 0 Å². The minimum absolute atomic E-state index is 0.0560. The van der Waals surface area contributed by atoms with E-state index < -0.39 is 5.79 Å². The van der Waals surface area contributed by atoms with E-state index in [2.05, 4.69) is 43.0 Å². The van der Waals surface area contributed by atoms with Crippen LogP contribution in [0.4, 0.5) is 0 Å². The van der Waals surface area contributed by atoms with Crippen LogP contribution in [0, 0.1) is 11.8 Å². The minimum Gasteiger partial charge on any atom is -0.432 e. The quantitative estimate of drug-likeness (QED) is 0.713. The van der Waals surface area contributed by atoms with E-state index in [4.69, 9.17) is 9.47 Å². The summed E-state index contributed by atoms with van der Waals surface area (Å²) >= 11 is 0. The molecule has 2 saturated heterocycles. The molecule has 0 amide bonds. The van der Waals surface area contributed by atoms with Crippen LogP contribution in [0.15, 0.2) is 30.3 Å². The van der Waals surface area contributed by atoms with Crippen molar-refractivity contribution in [2.75, 3.05) is 19.7 Å². The Morgan fingerprint density at radius 2 is 2.04 bits per heavy atom. The number of likely N-dealkylation sites (tertiary alicyclic amines) is 1. The molecule has 4 heteroatoms. The van der Waals surface area contributed by atoms with Gasteiger partial charge in [-0.1, -0.05) is 43.7 Å². The molecule has 2 aliphatic rings. The summed E-state index contributed by atoms with van der Waals surface area (Å²) in [4.78, 5) is 14.9. The van der Waals surface area contributed by atoms with Crippen LogP contribution in [-0.4, -0.2) is 36.4 Å². The highest BCUT2D eigenvalue weighted by atomic mass is 16.7. The van der Waals surface area contributed by atoms with Crippen molar-refractivity contribution in [1.29, 1.82) is 0 Å². The number of unbranched alkanes of at least 4 members (excludes halogenated alkanes) is 1. The largest absolute Gasteiger partial charge is 0.432 e. The summed E-state index contributed by atoms with van der Waals surface area (Å²) in [5, 5.41) is 0. The lowest BCUT2D eigenvalue weighted by atomic mass is 9.88. The van der Waals surface area contributed by atoms with Crippen LogP contribution in [-0.2, 0) is 14.3 Å². The van der Waals surface area contributed by atoms with Gasteiger partial charge < -0.3 is 9.47 Å². The molecule has 132 valence electrons. The van der Waals surface area contributed by atoms with Gasteiger partial charge in [0.15, 0.2) is 0 Å². The van der Waals surface area contributed by atoms with Gasteiger partial charge in [0, 0.05) is 32.2 Å². The predicted molar refractivity (Wildman–Crippen MR) is 93.4 cm³/mol. The first kappa shape index (κ1) is 17.4. The molecule has 2 heterocycles. The summed E-state index contributed by atoms with van der Waals surface area (Å²) in [6.45, 7) is 8.56. The van der Waals surface area contributed by atoms with Crippen LogP contribution in [0.3, 0.4) is 0 Å². The molecule has 1 aromatic carbocycles. The van der Waals surface area contributed by atoms with Crippen molar-refractivity contribution >= 4 is 5.97 Å². The van der Waals surface area contributed by atoms with E-state index in [1.54, 1.807) is 0 Å². The van der Waals surface area contributed by atoms with Crippen molar-refractivity contribution in [3.63, 3.8) is 0 Å². The molecule has 4 atom stereocenters. The second-order valence-electron chi connectivity index (χ2n) is 7.02. The fourth-order valence-electron chi connectivity index (χ4n) is 4.21. The molecule has 0 spiro atoms. The average Bonchev–Trinajstić information content (AvgIpc) is 3.14. The summed E-state index contributed by atoms with van der Waals surface area (Å²) < 4.78 is 11.8. The number of esters is 1. The number of ether oxygens (including phenoxy) is 2. The normalized spacial score (nSPS) is 31.0. The first-order valence-electron chi connectivity index (χ1n) is 9.27. The Morgan fingerprint density at radius 1 is 1.29 bits per heavy atom. The van der Waals surface area contributed by atoms with E-state index >= 15 is 0 Å². The SMILES string of the molecule is CCCC[C@]1(OCC)OC(=O)[C@H]2CN([C@@H](C)c3ccccc3)C[C@H]21. The third-order valence-corrected chi connectivity index (χ3v) is 5.59. The third kappa shape index (κ3) is 3.09. The second kappa shape index (κ2) is 7.24. The molecule has 4 nitrogen and oxygen atoms in total. The van der Waals surface area contributed by atoms with Gasteiger partial charge in [-0.3, -0.25) is 9.69 Å². The molecular formula is C20H29NO3. The monoisotopic (exact) mass is 331 g/mol. The fourth-order valence-corrected chi connectivity index (χ4v) is 4.21. The molecular weight excluding hydrogens is 302 g/mol. The number of hydrogen-bond acceptors (Lipinski definition) is 4. The van der Waals surface area contributed by atoms with Crippen LogP contribution in [0.1, 0.15) is 51.6 Å². The number of benzene rings is 1. The predicted octanol–water partition coefficient (Wildman–Crippen LogP) is 3.78. The van der Waals surface area contributed by atoms with Gasteiger partial charge >= 0.3 is 5.97 Å². The maximum atomic E-state index is 12.5. The van der Waals surface area contributed by atoms with Gasteiger partial charge in [-0.15, -0.1) is 0 Å². The molecule has 24 heavy (non-hydrogen) atoms. The molecule has 0 aliphatic carbocycles. The van der Waals surface area contributed by atoms with Crippen molar-refractivity contribution in [2.24, 2.45) is 11.8 Å². The zero-order valence-corrected chi connectivity index (χ0v) is 15.0. The number of cyclic esters (lactones) is 1. The van der Waals surface area contributed by atoms with Crippen molar-refractivity contribution in [1.82, 2.24) is 4.90 Å². The fraction of sp³-hybridized carbons (Fsp3) is 0.650. The Bertz CT molecular complexity index is 561. The number of rotatable bonds is 7. The molecule has 0 radical (unpaired) electrons. The maximum Gasteiger partial charge on any atom is 0.313 e. The zero-order chi connectivity index (χ0) is 17.2. The van der Waals surface area contributed by atoms with Crippen LogP contribution in [0.25, 0.3) is 0 Å². The van der Waals surface area contributed by atoms with Crippen molar-refractivity contribution in [3.05, 3.63) is 35.9 Å². The lowest BCUT2D eigenvalue weighted by Crippen LogP contribution is -2.42. The van der Waals surface area contributed by atoms with Crippen molar-refractivity contribution in [3.8, 4) is 0 Å². The summed E-state index contributed by atoms with van der Waals surface area (Å²) in [6.07, 6.45) is 2.90. The second-order valence-corrected chi connectivity index (χ2v) is 7.02. The Morgan fingerprint density at radius 3 is 2.71 bits per heavy atom. The van der Waals surface area contributed by atoms with Gasteiger partial charge in [0.05, 0.1) is 11.8 Å². The molecule has 1 aromatic rings. The molecule has 0 saturated carbocycles. The van der Waals surface area contributed by atoms with Gasteiger partial charge in [0.2, 0.25) is 5.79 Å². The number of carbonyl (C=O) groups is 1. The van der Waals surface area contributed by atoms with E-state index in [9.17, 15) is 4.79 Å². The molecule has 2 fully saturated rings. The zero-order valence-electron chi connectivity index (χ0n) is 15.0. The van der Waals surface area contributed by atoms with E-state index in [1.807, 2.05) is 13.0 Å². The summed E-state index contributed by atoms with van der Waals surface area (Å²) in [5.74, 6) is -0.702. The van der Waals surface area contributed by atoms with E-state index in [-0.39, 0.29) is 17.8 Å². The number of nitrogens with zero attached hydrogens (tertiary/aromatic N) is 1. The van der Waals surface area contributed by atoms with Crippen LogP contribution in [0.2, 0.25) is 0 Å². The summed E-state index contributed by atoms with van der Waals surface area (Å²) in [7, 11) is 0. The smallest absolute Gasteiger partial charge is 0.313 e. The van der Waals surface area contributed by atoms with Gasteiger partial charge in [0.25, 0.3) is 0 Å². The standard InChI is InChI=1S/C20H29NO3/c1-4-6-12-20(23-5-2)18-14-21(13-17(18)19(22)24-20)15(3)16-10-8-7-9-11-16/h7-11,15,17-18H,4-6,12-14H2,1-3H3/t15-,17-,18+,20-/m0/s1. The Kier molecular flexibility index (Phi) is 5.26. The molecule has 2 aliphatic heterocycles. The maximum absolute atomic E-state index is 12.5. The van der Waals surface area contributed by atoms with E-state index in [0.717, 1.165) is 32.4 Å². The molecule has 0 unspecified atom stereocenters. The van der Waals surface area contributed by atoms with Gasteiger partial charge in [0.1, 0.15) is 0 Å². The number of fused-ring (bicyclic) bond motifs is 1. The Balaban J connectivity index is 1.78. The van der Waals surface area contributed by atoms with Crippen LogP contribution in [0.5, 0.6) is 0 Å². The number of hydrogen-bond donors (Lipinski definition) is 0. The third-order valence-electron chi connectivity index (χ3n) is 5.59. The average molecular weight is 331 g/mol. The Hall–Kier alpha value is -1.39. The van der Waals surface area contributed by atoms with Crippen LogP contribution >= 0.6 is 0 Å². The van der Waals surface area contributed by atoms with Gasteiger partial charge in [-0.2, -0.15) is 0 Å². The molecule has 0 N–H and O–H groups in total. The lowest BCUT2D eigenvalue weighted by Gasteiger charge is -2.34. The number of carbonyl (C=O) groups excluding carboxylic acids is 1. The van der Waals surface area contributed by atoms with Crippen molar-refractivity contribution in [2.45, 2.75) is 51.9 Å². The highest BCUT2D eigenvalue weighted by molar-refractivity contribution is 5.76. The van der Waals surface area contributed by atoms with E-state index in [0.29, 0.717) is 12.6 Å². The summed E-state index contributed by atoms with van der Waals surface area (Å²) in [6, 6.07) is 10.8. The topological polar surface area (TPSA) is 38.8 Å². The highest BCUT2D eigenvalue weighted by Crippen LogP contribution is 2.47. The summed E-state index contributed by atoms with van der Waals surface area (Å²) in [5.41, 5.74) is 1.29. The first-order valence-corrected chi connectivity index (χ1v) is 9.27.